The quantitative estimate of drug-likeness (QED) is 0.833. The molecule has 114 valence electrons. The Morgan fingerprint density at radius 2 is 1.80 bits per heavy atom. The van der Waals surface area contributed by atoms with Gasteiger partial charge in [0.2, 0.25) is 0 Å². The first-order valence-electron chi connectivity index (χ1n) is 6.71. The lowest BCUT2D eigenvalue weighted by Gasteiger charge is -2.34. The summed E-state index contributed by atoms with van der Waals surface area (Å²) in [6.45, 7) is 5.07. The van der Waals surface area contributed by atoms with Gasteiger partial charge in [-0.05, 0) is 12.6 Å². The summed E-state index contributed by atoms with van der Waals surface area (Å²) < 4.78 is 22.4. The summed E-state index contributed by atoms with van der Waals surface area (Å²) in [6, 6.07) is 9.54. The van der Waals surface area contributed by atoms with Crippen LogP contribution in [0, 0.1) is 5.41 Å². The summed E-state index contributed by atoms with van der Waals surface area (Å²) in [5.74, 6) is 0.140. The molecular formula is C15H25NO3S. The standard InChI is InChI=1S/C15H25NO3S/c1-15(2,12-16(3)10-11-20(4,18)19)14(17)13-8-6-5-7-9-13/h5-9,14,17H,10-12H2,1-4H3. The third kappa shape index (κ3) is 5.61. The highest BCUT2D eigenvalue weighted by molar-refractivity contribution is 7.90. The maximum Gasteiger partial charge on any atom is 0.148 e. The Morgan fingerprint density at radius 3 is 2.30 bits per heavy atom. The van der Waals surface area contributed by atoms with Crippen LogP contribution < -0.4 is 0 Å². The van der Waals surface area contributed by atoms with Crippen molar-refractivity contribution in [3.63, 3.8) is 0 Å². The second kappa shape index (κ2) is 6.70. The molecule has 0 amide bonds. The van der Waals surface area contributed by atoms with E-state index in [-0.39, 0.29) is 11.2 Å². The summed E-state index contributed by atoms with van der Waals surface area (Å²) in [7, 11) is -1.07. The molecule has 0 fully saturated rings. The maximum absolute atomic E-state index is 11.2. The van der Waals surface area contributed by atoms with Crippen LogP contribution in [0.25, 0.3) is 0 Å². The van der Waals surface area contributed by atoms with Crippen LogP contribution >= 0.6 is 0 Å². The van der Waals surface area contributed by atoms with Gasteiger partial charge < -0.3 is 10.0 Å². The Kier molecular flexibility index (Phi) is 5.74. The van der Waals surface area contributed by atoms with Crippen molar-refractivity contribution in [2.24, 2.45) is 5.41 Å². The van der Waals surface area contributed by atoms with Crippen LogP contribution in [0.2, 0.25) is 0 Å². The monoisotopic (exact) mass is 299 g/mol. The van der Waals surface area contributed by atoms with E-state index in [4.69, 9.17) is 0 Å². The molecular weight excluding hydrogens is 274 g/mol. The molecule has 20 heavy (non-hydrogen) atoms. The highest BCUT2D eigenvalue weighted by atomic mass is 32.2. The molecule has 1 unspecified atom stereocenters. The molecule has 1 aromatic carbocycles. The summed E-state index contributed by atoms with van der Waals surface area (Å²) in [6.07, 6.45) is 0.662. The summed E-state index contributed by atoms with van der Waals surface area (Å²) in [4.78, 5) is 1.95. The minimum Gasteiger partial charge on any atom is -0.388 e. The van der Waals surface area contributed by atoms with Gasteiger partial charge in [0.25, 0.3) is 0 Å². The fourth-order valence-electron chi connectivity index (χ4n) is 2.27. The first-order chi connectivity index (χ1) is 9.12. The molecule has 0 spiro atoms. The number of rotatable bonds is 7. The molecule has 0 radical (unpaired) electrons. The van der Waals surface area contributed by atoms with Crippen LogP contribution in [-0.4, -0.2) is 50.6 Å². The number of benzene rings is 1. The predicted molar refractivity (Wildman–Crippen MR) is 82.4 cm³/mol. The molecule has 0 aromatic heterocycles. The fraction of sp³-hybridized carbons (Fsp3) is 0.600. The second-order valence-electron chi connectivity index (χ2n) is 6.17. The Balaban J connectivity index is 2.64. The molecule has 5 heteroatoms. The van der Waals surface area contributed by atoms with Crippen LogP contribution in [0.1, 0.15) is 25.5 Å². The zero-order valence-corrected chi connectivity index (χ0v) is 13.5. The molecule has 0 heterocycles. The Morgan fingerprint density at radius 1 is 1.25 bits per heavy atom. The Bertz CT molecular complexity index is 511. The third-order valence-electron chi connectivity index (χ3n) is 3.38. The first kappa shape index (κ1) is 17.1. The molecule has 1 atom stereocenters. The minimum atomic E-state index is -2.95. The average molecular weight is 299 g/mol. The van der Waals surface area contributed by atoms with E-state index < -0.39 is 15.9 Å². The lowest BCUT2D eigenvalue weighted by atomic mass is 9.82. The lowest BCUT2D eigenvalue weighted by Crippen LogP contribution is -2.38. The molecule has 0 bridgehead atoms. The van der Waals surface area contributed by atoms with E-state index in [9.17, 15) is 13.5 Å². The highest BCUT2D eigenvalue weighted by Crippen LogP contribution is 2.33. The van der Waals surface area contributed by atoms with Gasteiger partial charge in [-0.25, -0.2) is 8.42 Å². The van der Waals surface area contributed by atoms with E-state index in [2.05, 4.69) is 0 Å². The van der Waals surface area contributed by atoms with Gasteiger partial charge in [-0.2, -0.15) is 0 Å². The van der Waals surface area contributed by atoms with E-state index in [0.717, 1.165) is 5.56 Å². The van der Waals surface area contributed by atoms with E-state index >= 15 is 0 Å². The van der Waals surface area contributed by atoms with E-state index in [1.165, 1.54) is 6.26 Å². The molecule has 0 aliphatic rings. The van der Waals surface area contributed by atoms with Crippen LogP contribution in [-0.2, 0) is 9.84 Å². The average Bonchev–Trinajstić information content (AvgIpc) is 2.35. The largest absolute Gasteiger partial charge is 0.388 e. The van der Waals surface area contributed by atoms with Crippen molar-refractivity contribution in [3.8, 4) is 0 Å². The fourth-order valence-corrected chi connectivity index (χ4v) is 2.91. The zero-order valence-electron chi connectivity index (χ0n) is 12.7. The minimum absolute atomic E-state index is 0.140. The van der Waals surface area contributed by atoms with Crippen molar-refractivity contribution in [2.75, 3.05) is 32.1 Å². The molecule has 1 aromatic rings. The van der Waals surface area contributed by atoms with Gasteiger partial charge in [0.15, 0.2) is 0 Å². The van der Waals surface area contributed by atoms with Crippen LogP contribution in [0.3, 0.4) is 0 Å². The molecule has 4 nitrogen and oxygen atoms in total. The Labute approximate surface area is 122 Å². The number of aliphatic hydroxyl groups excluding tert-OH is 1. The summed E-state index contributed by atoms with van der Waals surface area (Å²) in [5.41, 5.74) is 0.530. The van der Waals surface area contributed by atoms with Crippen LogP contribution in [0.5, 0.6) is 0 Å². The number of aliphatic hydroxyl groups is 1. The smallest absolute Gasteiger partial charge is 0.148 e. The van der Waals surface area contributed by atoms with Gasteiger partial charge in [0.1, 0.15) is 9.84 Å². The van der Waals surface area contributed by atoms with Gasteiger partial charge >= 0.3 is 0 Å². The lowest BCUT2D eigenvalue weighted by molar-refractivity contribution is 0.0271. The van der Waals surface area contributed by atoms with Crippen LogP contribution in [0.4, 0.5) is 0 Å². The van der Waals surface area contributed by atoms with Crippen molar-refractivity contribution < 1.29 is 13.5 Å². The molecule has 1 N–H and O–H groups in total. The highest BCUT2D eigenvalue weighted by Gasteiger charge is 2.30. The van der Waals surface area contributed by atoms with Gasteiger partial charge in [-0.15, -0.1) is 0 Å². The van der Waals surface area contributed by atoms with Gasteiger partial charge in [-0.1, -0.05) is 44.2 Å². The summed E-state index contributed by atoms with van der Waals surface area (Å²) >= 11 is 0. The number of hydrogen-bond acceptors (Lipinski definition) is 4. The predicted octanol–water partition coefficient (Wildman–Crippen LogP) is 1.72. The normalized spacial score (nSPS) is 14.5. The number of sulfone groups is 1. The molecule has 0 aliphatic heterocycles. The van der Waals surface area contributed by atoms with Crippen molar-refractivity contribution in [1.82, 2.24) is 4.90 Å². The summed E-state index contributed by atoms with van der Waals surface area (Å²) in [5, 5.41) is 10.5. The molecule has 1 rings (SSSR count). The van der Waals surface area contributed by atoms with E-state index in [1.54, 1.807) is 0 Å². The molecule has 0 saturated heterocycles. The van der Waals surface area contributed by atoms with Gasteiger partial charge in [-0.3, -0.25) is 0 Å². The molecule has 0 aliphatic carbocycles. The second-order valence-corrected chi connectivity index (χ2v) is 8.43. The van der Waals surface area contributed by atoms with Gasteiger partial charge in [0.05, 0.1) is 11.9 Å². The number of hydrogen-bond donors (Lipinski definition) is 1. The zero-order chi connectivity index (χ0) is 15.4. The van der Waals surface area contributed by atoms with Crippen molar-refractivity contribution in [1.29, 1.82) is 0 Å². The van der Waals surface area contributed by atoms with Crippen molar-refractivity contribution in [3.05, 3.63) is 35.9 Å². The topological polar surface area (TPSA) is 57.6 Å². The SMILES string of the molecule is CN(CCS(C)(=O)=O)CC(C)(C)C(O)c1ccccc1. The van der Waals surface area contributed by atoms with E-state index in [0.29, 0.717) is 13.1 Å². The van der Waals surface area contributed by atoms with Crippen LogP contribution in [0.15, 0.2) is 30.3 Å². The maximum atomic E-state index is 11.2. The van der Waals surface area contributed by atoms with Crippen molar-refractivity contribution >= 4 is 9.84 Å². The Hall–Kier alpha value is -0.910. The first-order valence-corrected chi connectivity index (χ1v) is 8.77. The van der Waals surface area contributed by atoms with Crippen molar-refractivity contribution in [2.45, 2.75) is 20.0 Å². The molecule has 0 saturated carbocycles. The van der Waals surface area contributed by atoms with Gasteiger partial charge in [0, 0.05) is 24.8 Å². The number of nitrogens with zero attached hydrogens (tertiary/aromatic N) is 1. The van der Waals surface area contributed by atoms with E-state index in [1.807, 2.05) is 56.1 Å². The third-order valence-corrected chi connectivity index (χ3v) is 4.30.